The minimum atomic E-state index is -0.316. The molecule has 1 saturated heterocycles. The third-order valence-corrected chi connectivity index (χ3v) is 3.61. The molecule has 0 amide bonds. The van der Waals surface area contributed by atoms with Crippen molar-refractivity contribution in [3.05, 3.63) is 54.4 Å². The lowest BCUT2D eigenvalue weighted by atomic mass is 10.0. The number of anilines is 1. The Morgan fingerprint density at radius 3 is 2.58 bits per heavy atom. The van der Waals surface area contributed by atoms with E-state index in [1.807, 2.05) is 24.3 Å². The summed E-state index contributed by atoms with van der Waals surface area (Å²) >= 11 is 0. The van der Waals surface area contributed by atoms with Gasteiger partial charge < -0.3 is 10.0 Å². The summed E-state index contributed by atoms with van der Waals surface area (Å²) in [7, 11) is 0. The maximum atomic E-state index is 10.2. The molecular weight excluding hydrogens is 238 g/mol. The molecule has 0 unspecified atom stereocenters. The van der Waals surface area contributed by atoms with Gasteiger partial charge in [-0.25, -0.2) is 9.97 Å². The second-order valence-electron chi connectivity index (χ2n) is 4.86. The van der Waals surface area contributed by atoms with Gasteiger partial charge in [0, 0.05) is 18.9 Å². The van der Waals surface area contributed by atoms with Crippen LogP contribution in [0.3, 0.4) is 0 Å². The predicted octanol–water partition coefficient (Wildman–Crippen LogP) is 1.66. The highest BCUT2D eigenvalue weighted by molar-refractivity contribution is 5.35. The maximum absolute atomic E-state index is 10.2. The molecule has 1 aromatic carbocycles. The molecule has 0 spiro atoms. The fraction of sp³-hybridized carbons (Fsp3) is 0.333. The number of hydrogen-bond acceptors (Lipinski definition) is 4. The predicted molar refractivity (Wildman–Crippen MR) is 73.9 cm³/mol. The van der Waals surface area contributed by atoms with Gasteiger partial charge in [0.1, 0.15) is 0 Å². The first kappa shape index (κ1) is 12.1. The van der Waals surface area contributed by atoms with E-state index in [0.717, 1.165) is 19.4 Å². The van der Waals surface area contributed by atoms with Crippen LogP contribution in [0.1, 0.15) is 12.0 Å². The van der Waals surface area contributed by atoms with E-state index in [1.165, 1.54) is 5.56 Å². The van der Waals surface area contributed by atoms with Crippen LogP contribution in [0.5, 0.6) is 0 Å². The molecule has 2 aromatic rings. The van der Waals surface area contributed by atoms with Gasteiger partial charge in [-0.15, -0.1) is 0 Å². The minimum absolute atomic E-state index is 0.0600. The molecule has 4 nitrogen and oxygen atoms in total. The van der Waals surface area contributed by atoms with Gasteiger partial charge in [0.2, 0.25) is 5.95 Å². The molecule has 4 heteroatoms. The molecular formula is C15H17N3O. The zero-order valence-corrected chi connectivity index (χ0v) is 10.7. The lowest BCUT2D eigenvalue weighted by Gasteiger charge is -2.26. The third-order valence-electron chi connectivity index (χ3n) is 3.61. The summed E-state index contributed by atoms with van der Waals surface area (Å²) in [6.45, 7) is 0.808. The molecule has 1 aliphatic heterocycles. The summed E-state index contributed by atoms with van der Waals surface area (Å²) in [6.07, 6.45) is 4.76. The number of aliphatic hydroxyl groups excluding tert-OH is 1. The summed E-state index contributed by atoms with van der Waals surface area (Å²) in [5.41, 5.74) is 1.23. The summed E-state index contributed by atoms with van der Waals surface area (Å²) in [5.74, 6) is 0.708. The molecule has 0 bridgehead atoms. The summed E-state index contributed by atoms with van der Waals surface area (Å²) in [5, 5.41) is 10.2. The van der Waals surface area contributed by atoms with Crippen molar-refractivity contribution in [3.8, 4) is 0 Å². The average molecular weight is 255 g/mol. The number of aliphatic hydroxyl groups is 1. The zero-order valence-electron chi connectivity index (χ0n) is 10.7. The summed E-state index contributed by atoms with van der Waals surface area (Å²) in [6, 6.07) is 12.1. The molecule has 1 N–H and O–H groups in total. The fourth-order valence-electron chi connectivity index (χ4n) is 2.63. The molecule has 19 heavy (non-hydrogen) atoms. The van der Waals surface area contributed by atoms with Crippen molar-refractivity contribution in [2.75, 3.05) is 11.4 Å². The van der Waals surface area contributed by atoms with Crippen molar-refractivity contribution in [2.45, 2.75) is 25.0 Å². The lowest BCUT2D eigenvalue weighted by molar-refractivity contribution is 0.163. The summed E-state index contributed by atoms with van der Waals surface area (Å²) < 4.78 is 0. The van der Waals surface area contributed by atoms with Crippen molar-refractivity contribution in [2.24, 2.45) is 0 Å². The number of aromatic nitrogens is 2. The van der Waals surface area contributed by atoms with E-state index in [1.54, 1.807) is 12.4 Å². The van der Waals surface area contributed by atoms with E-state index >= 15 is 0 Å². The number of rotatable bonds is 3. The highest BCUT2D eigenvalue weighted by atomic mass is 16.3. The van der Waals surface area contributed by atoms with E-state index in [9.17, 15) is 5.11 Å². The molecule has 1 aromatic heterocycles. The Morgan fingerprint density at radius 1 is 1.11 bits per heavy atom. The van der Waals surface area contributed by atoms with E-state index in [2.05, 4.69) is 27.0 Å². The average Bonchev–Trinajstić information content (AvgIpc) is 2.82. The molecule has 0 aliphatic carbocycles. The maximum Gasteiger partial charge on any atom is 0.225 e. The Kier molecular flexibility index (Phi) is 3.42. The van der Waals surface area contributed by atoms with E-state index in [-0.39, 0.29) is 12.1 Å². The standard InChI is InChI=1S/C15H17N3O/c19-14-7-10-18(15-16-8-4-9-17-15)13(14)11-12-5-2-1-3-6-12/h1-6,8-9,13-14,19H,7,10-11H2/t13-,14+/m0/s1. The van der Waals surface area contributed by atoms with Crippen LogP contribution < -0.4 is 4.90 Å². The van der Waals surface area contributed by atoms with Crippen LogP contribution in [0, 0.1) is 0 Å². The Hall–Kier alpha value is -1.94. The molecule has 2 atom stereocenters. The van der Waals surface area contributed by atoms with Gasteiger partial charge in [0.15, 0.2) is 0 Å². The first-order chi connectivity index (χ1) is 9.34. The smallest absolute Gasteiger partial charge is 0.225 e. The van der Waals surface area contributed by atoms with Gasteiger partial charge in [0.25, 0.3) is 0 Å². The zero-order chi connectivity index (χ0) is 13.1. The van der Waals surface area contributed by atoms with Gasteiger partial charge in [-0.05, 0) is 24.5 Å². The van der Waals surface area contributed by atoms with Gasteiger partial charge in [0.05, 0.1) is 12.1 Å². The van der Waals surface area contributed by atoms with Crippen molar-refractivity contribution in [1.29, 1.82) is 0 Å². The van der Waals surface area contributed by atoms with E-state index < -0.39 is 0 Å². The third kappa shape index (κ3) is 2.58. The molecule has 0 saturated carbocycles. The highest BCUT2D eigenvalue weighted by Gasteiger charge is 2.34. The molecule has 1 fully saturated rings. The van der Waals surface area contributed by atoms with Crippen LogP contribution in [-0.4, -0.2) is 33.8 Å². The summed E-state index contributed by atoms with van der Waals surface area (Å²) in [4.78, 5) is 10.7. The topological polar surface area (TPSA) is 49.2 Å². The number of nitrogens with zero attached hydrogens (tertiary/aromatic N) is 3. The Balaban J connectivity index is 1.81. The van der Waals surface area contributed by atoms with Crippen LogP contribution in [0.15, 0.2) is 48.8 Å². The quantitative estimate of drug-likeness (QED) is 0.906. The van der Waals surface area contributed by atoms with Gasteiger partial charge in [-0.1, -0.05) is 30.3 Å². The van der Waals surface area contributed by atoms with Crippen molar-refractivity contribution in [1.82, 2.24) is 9.97 Å². The SMILES string of the molecule is O[C@@H]1CCN(c2ncccn2)[C@H]1Cc1ccccc1. The molecule has 0 radical (unpaired) electrons. The second kappa shape index (κ2) is 5.36. The van der Waals surface area contributed by atoms with Crippen LogP contribution in [-0.2, 0) is 6.42 Å². The van der Waals surface area contributed by atoms with Gasteiger partial charge >= 0.3 is 0 Å². The van der Waals surface area contributed by atoms with Crippen molar-refractivity contribution in [3.63, 3.8) is 0 Å². The monoisotopic (exact) mass is 255 g/mol. The molecule has 98 valence electrons. The fourth-order valence-corrected chi connectivity index (χ4v) is 2.63. The second-order valence-corrected chi connectivity index (χ2v) is 4.86. The largest absolute Gasteiger partial charge is 0.391 e. The van der Waals surface area contributed by atoms with E-state index in [0.29, 0.717) is 5.95 Å². The number of benzene rings is 1. The molecule has 3 rings (SSSR count). The number of hydrogen-bond donors (Lipinski definition) is 1. The first-order valence-electron chi connectivity index (χ1n) is 6.60. The van der Waals surface area contributed by atoms with Crippen LogP contribution in [0.2, 0.25) is 0 Å². The molecule has 1 aliphatic rings. The molecule has 2 heterocycles. The Bertz CT molecular complexity index is 517. The lowest BCUT2D eigenvalue weighted by Crippen LogP contribution is -2.38. The van der Waals surface area contributed by atoms with Crippen LogP contribution in [0.25, 0.3) is 0 Å². The van der Waals surface area contributed by atoms with Gasteiger partial charge in [-0.3, -0.25) is 0 Å². The van der Waals surface area contributed by atoms with Crippen molar-refractivity contribution >= 4 is 5.95 Å². The normalized spacial score (nSPS) is 22.7. The van der Waals surface area contributed by atoms with Crippen LogP contribution >= 0.6 is 0 Å². The first-order valence-corrected chi connectivity index (χ1v) is 6.60. The van der Waals surface area contributed by atoms with Gasteiger partial charge in [-0.2, -0.15) is 0 Å². The highest BCUT2D eigenvalue weighted by Crippen LogP contribution is 2.25. The van der Waals surface area contributed by atoms with E-state index in [4.69, 9.17) is 0 Å². The van der Waals surface area contributed by atoms with Crippen molar-refractivity contribution < 1.29 is 5.11 Å². The minimum Gasteiger partial charge on any atom is -0.391 e. The van der Waals surface area contributed by atoms with Crippen LogP contribution in [0.4, 0.5) is 5.95 Å². The Morgan fingerprint density at radius 2 is 1.84 bits per heavy atom. The Labute approximate surface area is 112 Å².